The monoisotopic (exact) mass is 386 g/mol. The zero-order valence-electron chi connectivity index (χ0n) is 15.4. The lowest BCUT2D eigenvalue weighted by molar-refractivity contribution is -0.121. The van der Waals surface area contributed by atoms with E-state index in [1.807, 2.05) is 48.5 Å². The van der Waals surface area contributed by atoms with Gasteiger partial charge in [-0.25, -0.2) is 8.42 Å². The van der Waals surface area contributed by atoms with Gasteiger partial charge in [0.15, 0.2) is 0 Å². The van der Waals surface area contributed by atoms with E-state index in [4.69, 9.17) is 0 Å². The Balaban J connectivity index is 1.39. The molecular formula is C21H26N2O3S. The number of carbonyl (C=O) groups is 1. The first-order valence-corrected chi connectivity index (χ1v) is 11.0. The first kappa shape index (κ1) is 19.6. The second kappa shape index (κ2) is 9.15. The maximum Gasteiger partial charge on any atom is 0.220 e. The van der Waals surface area contributed by atoms with Crippen LogP contribution >= 0.6 is 0 Å². The Morgan fingerprint density at radius 1 is 1.00 bits per heavy atom. The fourth-order valence-electron chi connectivity index (χ4n) is 3.31. The number of carbonyl (C=O) groups excluding carboxylic acids is 1. The molecule has 1 amide bonds. The third-order valence-electron chi connectivity index (χ3n) is 4.87. The third-order valence-corrected chi connectivity index (χ3v) is 6.78. The lowest BCUT2D eigenvalue weighted by atomic mass is 10.0. The normalized spacial score (nSPS) is 14.5. The van der Waals surface area contributed by atoms with E-state index in [0.717, 1.165) is 17.5 Å². The first-order chi connectivity index (χ1) is 13.0. The molecule has 2 aromatic carbocycles. The Kier molecular flexibility index (Phi) is 6.63. The lowest BCUT2D eigenvalue weighted by Crippen LogP contribution is -2.38. The minimum atomic E-state index is -3.30. The largest absolute Gasteiger partial charge is 0.356 e. The van der Waals surface area contributed by atoms with E-state index in [0.29, 0.717) is 38.9 Å². The Morgan fingerprint density at radius 2 is 1.70 bits per heavy atom. The van der Waals surface area contributed by atoms with Crippen molar-refractivity contribution in [1.29, 1.82) is 0 Å². The quantitative estimate of drug-likeness (QED) is 0.709. The minimum absolute atomic E-state index is 0.0387. The van der Waals surface area contributed by atoms with Crippen LogP contribution < -0.4 is 5.32 Å². The number of fused-ring (bicyclic) bond motifs is 1. The van der Waals surface area contributed by atoms with Gasteiger partial charge in [-0.2, -0.15) is 4.31 Å². The average molecular weight is 387 g/mol. The van der Waals surface area contributed by atoms with E-state index in [-0.39, 0.29) is 11.7 Å². The van der Waals surface area contributed by atoms with Crippen molar-refractivity contribution >= 4 is 15.9 Å². The Labute approximate surface area is 161 Å². The van der Waals surface area contributed by atoms with Crippen LogP contribution in [0.3, 0.4) is 0 Å². The number of amides is 1. The van der Waals surface area contributed by atoms with Gasteiger partial charge < -0.3 is 5.32 Å². The van der Waals surface area contributed by atoms with Gasteiger partial charge >= 0.3 is 0 Å². The van der Waals surface area contributed by atoms with E-state index in [1.54, 1.807) is 4.31 Å². The van der Waals surface area contributed by atoms with Gasteiger partial charge in [0, 0.05) is 26.1 Å². The van der Waals surface area contributed by atoms with Crippen LogP contribution in [0.2, 0.25) is 0 Å². The molecule has 0 unspecified atom stereocenters. The molecular weight excluding hydrogens is 360 g/mol. The van der Waals surface area contributed by atoms with Crippen LogP contribution in [0.5, 0.6) is 0 Å². The summed E-state index contributed by atoms with van der Waals surface area (Å²) in [6.45, 7) is 1.36. The highest BCUT2D eigenvalue weighted by molar-refractivity contribution is 7.89. The number of hydrogen-bond donors (Lipinski definition) is 1. The summed E-state index contributed by atoms with van der Waals surface area (Å²) < 4.78 is 26.7. The van der Waals surface area contributed by atoms with Gasteiger partial charge in [0.05, 0.1) is 5.75 Å². The number of nitrogens with one attached hydrogen (secondary N) is 1. The van der Waals surface area contributed by atoms with Crippen molar-refractivity contribution in [3.8, 4) is 0 Å². The number of aryl methyl sites for hydroxylation is 1. The zero-order chi connectivity index (χ0) is 19.1. The summed E-state index contributed by atoms with van der Waals surface area (Å²) in [5.74, 6) is 0.0249. The van der Waals surface area contributed by atoms with Crippen LogP contribution in [-0.2, 0) is 34.2 Å². The Hall–Kier alpha value is -2.18. The lowest BCUT2D eigenvalue weighted by Gasteiger charge is -2.28. The van der Waals surface area contributed by atoms with Gasteiger partial charge in [-0.05, 0) is 36.0 Å². The van der Waals surface area contributed by atoms with Crippen molar-refractivity contribution in [2.45, 2.75) is 32.2 Å². The zero-order valence-corrected chi connectivity index (χ0v) is 16.2. The SMILES string of the molecule is O=C(CCc1ccccc1)NCCCS(=O)(=O)N1CCc2ccccc2C1. The molecule has 0 aliphatic carbocycles. The summed E-state index contributed by atoms with van der Waals surface area (Å²) in [4.78, 5) is 11.9. The number of sulfonamides is 1. The van der Waals surface area contributed by atoms with Crippen molar-refractivity contribution in [2.75, 3.05) is 18.8 Å². The summed E-state index contributed by atoms with van der Waals surface area (Å²) in [6, 6.07) is 17.8. The van der Waals surface area contributed by atoms with Crippen molar-refractivity contribution < 1.29 is 13.2 Å². The van der Waals surface area contributed by atoms with E-state index in [2.05, 4.69) is 11.4 Å². The fraction of sp³-hybridized carbons (Fsp3) is 0.381. The molecule has 2 aromatic rings. The molecule has 0 saturated heterocycles. The predicted molar refractivity (Wildman–Crippen MR) is 107 cm³/mol. The van der Waals surface area contributed by atoms with Crippen molar-refractivity contribution in [1.82, 2.24) is 9.62 Å². The Morgan fingerprint density at radius 3 is 2.48 bits per heavy atom. The first-order valence-electron chi connectivity index (χ1n) is 9.40. The molecule has 5 nitrogen and oxygen atoms in total. The molecule has 0 bridgehead atoms. The average Bonchev–Trinajstić information content (AvgIpc) is 2.70. The number of benzene rings is 2. The second-order valence-electron chi connectivity index (χ2n) is 6.86. The molecule has 0 radical (unpaired) electrons. The summed E-state index contributed by atoms with van der Waals surface area (Å²) >= 11 is 0. The number of nitrogens with zero attached hydrogens (tertiary/aromatic N) is 1. The summed E-state index contributed by atoms with van der Waals surface area (Å²) in [6.07, 6.45) is 2.29. The molecule has 1 N–H and O–H groups in total. The van der Waals surface area contributed by atoms with Gasteiger partial charge in [-0.1, -0.05) is 54.6 Å². The molecule has 3 rings (SSSR count). The van der Waals surface area contributed by atoms with Gasteiger partial charge in [0.25, 0.3) is 0 Å². The molecule has 1 aliphatic rings. The van der Waals surface area contributed by atoms with Crippen LogP contribution in [0.4, 0.5) is 0 Å². The summed E-state index contributed by atoms with van der Waals surface area (Å²) in [7, 11) is -3.30. The highest BCUT2D eigenvalue weighted by Gasteiger charge is 2.25. The van der Waals surface area contributed by atoms with Crippen LogP contribution in [0.15, 0.2) is 54.6 Å². The van der Waals surface area contributed by atoms with Gasteiger partial charge in [0.2, 0.25) is 15.9 Å². The van der Waals surface area contributed by atoms with Crippen molar-refractivity contribution in [3.05, 3.63) is 71.3 Å². The van der Waals surface area contributed by atoms with Crippen LogP contribution in [-0.4, -0.2) is 37.5 Å². The summed E-state index contributed by atoms with van der Waals surface area (Å²) in [5, 5.41) is 2.82. The maximum absolute atomic E-state index is 12.6. The topological polar surface area (TPSA) is 66.5 Å². The van der Waals surface area contributed by atoms with Crippen LogP contribution in [0, 0.1) is 0 Å². The van der Waals surface area contributed by atoms with Crippen LogP contribution in [0.1, 0.15) is 29.5 Å². The number of rotatable bonds is 8. The highest BCUT2D eigenvalue weighted by Crippen LogP contribution is 2.21. The molecule has 0 fully saturated rings. The molecule has 0 aromatic heterocycles. The second-order valence-corrected chi connectivity index (χ2v) is 8.95. The van der Waals surface area contributed by atoms with E-state index < -0.39 is 10.0 Å². The molecule has 0 atom stereocenters. The highest BCUT2D eigenvalue weighted by atomic mass is 32.2. The Bertz CT molecular complexity index is 866. The van der Waals surface area contributed by atoms with Gasteiger partial charge in [-0.3, -0.25) is 4.79 Å². The van der Waals surface area contributed by atoms with E-state index in [9.17, 15) is 13.2 Å². The fourth-order valence-corrected chi connectivity index (χ4v) is 4.78. The molecule has 0 spiro atoms. The molecule has 1 heterocycles. The van der Waals surface area contributed by atoms with Gasteiger partial charge in [-0.15, -0.1) is 0 Å². The summed E-state index contributed by atoms with van der Waals surface area (Å²) in [5.41, 5.74) is 3.44. The van der Waals surface area contributed by atoms with Gasteiger partial charge in [0.1, 0.15) is 0 Å². The molecule has 144 valence electrons. The molecule has 6 heteroatoms. The smallest absolute Gasteiger partial charge is 0.220 e. The number of hydrogen-bond acceptors (Lipinski definition) is 3. The maximum atomic E-state index is 12.6. The van der Waals surface area contributed by atoms with E-state index >= 15 is 0 Å². The molecule has 27 heavy (non-hydrogen) atoms. The standard InChI is InChI=1S/C21H26N2O3S/c24-21(12-11-18-7-2-1-3-8-18)22-14-6-16-27(25,26)23-15-13-19-9-4-5-10-20(19)17-23/h1-5,7-10H,6,11-17H2,(H,22,24). The van der Waals surface area contributed by atoms with E-state index in [1.165, 1.54) is 5.56 Å². The predicted octanol–water partition coefficient (Wildman–Crippen LogP) is 2.51. The van der Waals surface area contributed by atoms with Crippen molar-refractivity contribution in [2.24, 2.45) is 0 Å². The van der Waals surface area contributed by atoms with Crippen molar-refractivity contribution in [3.63, 3.8) is 0 Å². The van der Waals surface area contributed by atoms with Crippen LogP contribution in [0.25, 0.3) is 0 Å². The molecule has 1 aliphatic heterocycles. The molecule has 0 saturated carbocycles. The third kappa shape index (κ3) is 5.65. The minimum Gasteiger partial charge on any atom is -0.356 e.